The fourth-order valence-electron chi connectivity index (χ4n) is 12.8. The SMILES string of the molecule is C[C@H]1C[C@H]2O[C@]3(CC[C@H]4[C@@H]5CCC6=CC(=O)CC[C@]6(C)[C@H]5CC45CC53C)[C@H](C)[C@@H]2N(CCOCCOCc2ccccc2)C1. The number of ether oxygens (including phenoxy) is 3. The van der Waals surface area contributed by atoms with Gasteiger partial charge in [0.05, 0.1) is 38.1 Å². The summed E-state index contributed by atoms with van der Waals surface area (Å²) in [5.74, 6) is 4.01. The molecule has 4 saturated carbocycles. The molecule has 0 amide bonds. The number of ketones is 1. The molecule has 5 nitrogen and oxygen atoms in total. The third-order valence-electron chi connectivity index (χ3n) is 14.9. The van der Waals surface area contributed by atoms with Crippen molar-refractivity contribution in [2.45, 2.75) is 110 Å². The fourth-order valence-corrected chi connectivity index (χ4v) is 12.8. The Bertz CT molecular complexity index is 1300. The molecule has 0 N–H and O–H groups in total. The van der Waals surface area contributed by atoms with Crippen molar-refractivity contribution in [1.29, 1.82) is 0 Å². The first-order valence-corrected chi connectivity index (χ1v) is 18.1. The third kappa shape index (κ3) is 4.27. The lowest BCUT2D eigenvalue weighted by atomic mass is 9.56. The Kier molecular flexibility index (Phi) is 7.29. The predicted molar refractivity (Wildman–Crippen MR) is 172 cm³/mol. The molecule has 1 aromatic carbocycles. The number of carbonyl (C=O) groups excluding carboxylic acids is 1. The zero-order valence-electron chi connectivity index (χ0n) is 27.7. The molecular formula is C39H55NO4. The molecule has 1 aromatic rings. The van der Waals surface area contributed by atoms with E-state index in [1.54, 1.807) is 0 Å². The number of rotatable bonds is 8. The van der Waals surface area contributed by atoms with Gasteiger partial charge in [0.25, 0.3) is 0 Å². The summed E-state index contributed by atoms with van der Waals surface area (Å²) < 4.78 is 19.5. The lowest BCUT2D eigenvalue weighted by Crippen LogP contribution is -2.55. The standard InChI is InChI=1S/C39H55NO4/c1-26-20-34-35(40(23-26)16-17-42-18-19-43-24-28-8-6-5-7-9-28)27(2)39(44-34)15-13-32-31-11-10-29-21-30(41)12-14-36(29,3)33(31)22-38(32)25-37(38,39)4/h5-9,21,26-27,31-35H,10-20,22-25H2,1-4H3/t26-,27+,31-,32-,33-,34+,35-,36-,37?,38?,39+/m0/s1. The first-order valence-electron chi connectivity index (χ1n) is 18.1. The summed E-state index contributed by atoms with van der Waals surface area (Å²) in [4.78, 5) is 15.1. The van der Waals surface area contributed by atoms with Gasteiger partial charge in [0.1, 0.15) is 0 Å². The maximum absolute atomic E-state index is 12.4. The average Bonchev–Trinajstić information content (AvgIpc) is 3.35. The van der Waals surface area contributed by atoms with Gasteiger partial charge in [0, 0.05) is 36.9 Å². The molecule has 0 radical (unpaired) electrons. The van der Waals surface area contributed by atoms with Gasteiger partial charge in [0.15, 0.2) is 5.78 Å². The van der Waals surface area contributed by atoms with Gasteiger partial charge in [-0.15, -0.1) is 0 Å². The number of piperidine rings is 1. The molecular weight excluding hydrogens is 546 g/mol. The smallest absolute Gasteiger partial charge is 0.155 e. The lowest BCUT2D eigenvalue weighted by Gasteiger charge is -2.50. The summed E-state index contributed by atoms with van der Waals surface area (Å²) in [7, 11) is 0. The average molecular weight is 602 g/mol. The van der Waals surface area contributed by atoms with Crippen LogP contribution >= 0.6 is 0 Å². The maximum atomic E-state index is 12.4. The minimum absolute atomic E-state index is 0.00285. The van der Waals surface area contributed by atoms with Crippen molar-refractivity contribution in [1.82, 2.24) is 4.90 Å². The number of carbonyl (C=O) groups is 1. The van der Waals surface area contributed by atoms with Gasteiger partial charge in [-0.25, -0.2) is 0 Å². The molecule has 5 aliphatic carbocycles. The van der Waals surface area contributed by atoms with Crippen LogP contribution in [0.15, 0.2) is 42.0 Å². The second kappa shape index (κ2) is 10.8. The number of fused-ring (bicyclic) bond motifs is 6. The highest BCUT2D eigenvalue weighted by atomic mass is 16.5. The van der Waals surface area contributed by atoms with E-state index in [4.69, 9.17) is 14.2 Å². The molecule has 6 fully saturated rings. The van der Waals surface area contributed by atoms with E-state index in [9.17, 15) is 4.79 Å². The molecule has 2 unspecified atom stereocenters. The monoisotopic (exact) mass is 601 g/mol. The number of hydrogen-bond acceptors (Lipinski definition) is 5. The highest BCUT2D eigenvalue weighted by Crippen LogP contribution is 2.87. The molecule has 2 heterocycles. The van der Waals surface area contributed by atoms with Gasteiger partial charge in [-0.1, -0.05) is 63.6 Å². The summed E-state index contributed by atoms with van der Waals surface area (Å²) in [6, 6.07) is 10.9. The summed E-state index contributed by atoms with van der Waals surface area (Å²) in [5.41, 5.74) is 3.68. The number of allylic oxidation sites excluding steroid dienone is 2. The van der Waals surface area contributed by atoms with Crippen LogP contribution in [0.5, 0.6) is 0 Å². The van der Waals surface area contributed by atoms with Crippen LogP contribution in [0.1, 0.15) is 91.0 Å². The zero-order valence-corrected chi connectivity index (χ0v) is 27.7. The zero-order chi connectivity index (χ0) is 30.3. The van der Waals surface area contributed by atoms with Gasteiger partial charge in [-0.2, -0.15) is 0 Å². The summed E-state index contributed by atoms with van der Waals surface area (Å²) in [6.45, 7) is 15.0. The van der Waals surface area contributed by atoms with Gasteiger partial charge >= 0.3 is 0 Å². The minimum atomic E-state index is 0.00285. The van der Waals surface area contributed by atoms with Crippen LogP contribution in [0.25, 0.3) is 0 Å². The Morgan fingerprint density at radius 2 is 1.80 bits per heavy atom. The van der Waals surface area contributed by atoms with Gasteiger partial charge in [-0.05, 0) is 97.5 Å². The number of nitrogens with zero attached hydrogens (tertiary/aromatic N) is 1. The highest BCUT2D eigenvalue weighted by Gasteiger charge is 2.84. The topological polar surface area (TPSA) is 48.0 Å². The summed E-state index contributed by atoms with van der Waals surface area (Å²) in [5, 5.41) is 0. The molecule has 44 heavy (non-hydrogen) atoms. The van der Waals surface area contributed by atoms with Crippen molar-refractivity contribution in [2.75, 3.05) is 32.9 Å². The number of hydrogen-bond donors (Lipinski definition) is 0. The molecule has 0 bridgehead atoms. The van der Waals surface area contributed by atoms with Gasteiger partial charge < -0.3 is 14.2 Å². The van der Waals surface area contributed by atoms with Crippen molar-refractivity contribution in [3.8, 4) is 0 Å². The molecule has 5 heteroatoms. The Labute approximate surface area is 265 Å². The maximum Gasteiger partial charge on any atom is 0.155 e. The van der Waals surface area contributed by atoms with E-state index in [1.807, 2.05) is 6.07 Å². The van der Waals surface area contributed by atoms with E-state index in [2.05, 4.69) is 62.9 Å². The second-order valence-corrected chi connectivity index (χ2v) is 16.7. The minimum Gasteiger partial charge on any atom is -0.378 e. The highest BCUT2D eigenvalue weighted by molar-refractivity contribution is 5.91. The molecule has 8 rings (SSSR count). The normalized spacial score (nSPS) is 47.4. The van der Waals surface area contributed by atoms with E-state index < -0.39 is 0 Å². The first kappa shape index (κ1) is 29.8. The first-order chi connectivity index (χ1) is 21.2. The van der Waals surface area contributed by atoms with E-state index in [0.29, 0.717) is 55.0 Å². The summed E-state index contributed by atoms with van der Waals surface area (Å²) in [6.07, 6.45) is 13.2. The molecule has 2 aliphatic heterocycles. The fraction of sp³-hybridized carbons (Fsp3) is 0.769. The van der Waals surface area contributed by atoms with Crippen LogP contribution < -0.4 is 0 Å². The lowest BCUT2D eigenvalue weighted by molar-refractivity contribution is -0.148. The van der Waals surface area contributed by atoms with Crippen molar-refractivity contribution < 1.29 is 19.0 Å². The van der Waals surface area contributed by atoms with Crippen LogP contribution in [-0.4, -0.2) is 61.3 Å². The van der Waals surface area contributed by atoms with Crippen molar-refractivity contribution in [3.05, 3.63) is 47.5 Å². The van der Waals surface area contributed by atoms with E-state index in [0.717, 1.165) is 56.7 Å². The predicted octanol–water partition coefficient (Wildman–Crippen LogP) is 7.24. The number of benzene rings is 1. The van der Waals surface area contributed by atoms with Gasteiger partial charge in [-0.3, -0.25) is 9.69 Å². The molecule has 2 saturated heterocycles. The Morgan fingerprint density at radius 3 is 2.64 bits per heavy atom. The molecule has 11 atom stereocenters. The quantitative estimate of drug-likeness (QED) is 0.294. The van der Waals surface area contributed by atoms with Crippen LogP contribution in [-0.2, 0) is 25.6 Å². The van der Waals surface area contributed by atoms with Crippen LogP contribution in [0.2, 0.25) is 0 Å². The van der Waals surface area contributed by atoms with Crippen molar-refractivity contribution in [2.24, 2.45) is 45.8 Å². The van der Waals surface area contributed by atoms with Crippen molar-refractivity contribution >= 4 is 5.78 Å². The Balaban J connectivity index is 0.938. The molecule has 240 valence electrons. The second-order valence-electron chi connectivity index (χ2n) is 16.7. The largest absolute Gasteiger partial charge is 0.378 e. The molecule has 7 aliphatic rings. The van der Waals surface area contributed by atoms with Crippen LogP contribution in [0.3, 0.4) is 0 Å². The van der Waals surface area contributed by atoms with Crippen LogP contribution in [0.4, 0.5) is 0 Å². The summed E-state index contributed by atoms with van der Waals surface area (Å²) >= 11 is 0. The molecule has 2 spiro atoms. The van der Waals surface area contributed by atoms with E-state index in [1.165, 1.54) is 49.7 Å². The number of likely N-dealkylation sites (tertiary alicyclic amines) is 1. The Morgan fingerprint density at radius 1 is 0.977 bits per heavy atom. The van der Waals surface area contributed by atoms with Gasteiger partial charge in [0.2, 0.25) is 0 Å². The third-order valence-corrected chi connectivity index (χ3v) is 14.9. The van der Waals surface area contributed by atoms with Crippen molar-refractivity contribution in [3.63, 3.8) is 0 Å². The van der Waals surface area contributed by atoms with Crippen LogP contribution in [0, 0.1) is 45.8 Å². The van der Waals surface area contributed by atoms with E-state index in [-0.39, 0.29) is 16.4 Å². The molecule has 0 aromatic heterocycles. The Hall–Kier alpha value is -1.53. The van der Waals surface area contributed by atoms with E-state index >= 15 is 0 Å².